The molecule has 0 aliphatic carbocycles. The monoisotopic (exact) mass is 239 g/mol. The van der Waals surface area contributed by atoms with E-state index in [1.807, 2.05) is 11.8 Å². The van der Waals surface area contributed by atoms with Crippen molar-refractivity contribution in [1.82, 2.24) is 9.80 Å². The Morgan fingerprint density at radius 3 is 2.82 bits per heavy atom. The van der Waals surface area contributed by atoms with Crippen molar-refractivity contribution in [2.24, 2.45) is 5.73 Å². The van der Waals surface area contributed by atoms with Gasteiger partial charge in [-0.3, -0.25) is 9.59 Å². The molecule has 0 spiro atoms. The van der Waals surface area contributed by atoms with E-state index in [1.54, 1.807) is 4.90 Å². The molecular formula is C12H21N3O2. The molecule has 0 radical (unpaired) electrons. The zero-order valence-electron chi connectivity index (χ0n) is 10.4. The molecule has 0 aromatic carbocycles. The van der Waals surface area contributed by atoms with Crippen molar-refractivity contribution < 1.29 is 9.59 Å². The fourth-order valence-corrected chi connectivity index (χ4v) is 2.70. The highest BCUT2D eigenvalue weighted by atomic mass is 16.2. The molecule has 2 atom stereocenters. The summed E-state index contributed by atoms with van der Waals surface area (Å²) in [5, 5.41) is 0. The number of hydrogen-bond donors (Lipinski definition) is 1. The van der Waals surface area contributed by atoms with Crippen LogP contribution in [-0.2, 0) is 9.59 Å². The Hall–Kier alpha value is -1.10. The summed E-state index contributed by atoms with van der Waals surface area (Å²) >= 11 is 0. The third-order valence-corrected chi connectivity index (χ3v) is 3.73. The maximum atomic E-state index is 12.1. The number of nitrogens with two attached hydrogens (primary N) is 1. The van der Waals surface area contributed by atoms with Crippen LogP contribution in [0.3, 0.4) is 0 Å². The van der Waals surface area contributed by atoms with Crippen molar-refractivity contribution in [3.8, 4) is 0 Å². The molecule has 2 rings (SSSR count). The van der Waals surface area contributed by atoms with Gasteiger partial charge in [-0.15, -0.1) is 0 Å². The second-order valence-corrected chi connectivity index (χ2v) is 5.14. The molecule has 17 heavy (non-hydrogen) atoms. The van der Waals surface area contributed by atoms with Crippen molar-refractivity contribution in [1.29, 1.82) is 0 Å². The lowest BCUT2D eigenvalue weighted by Crippen LogP contribution is -2.51. The van der Waals surface area contributed by atoms with E-state index in [2.05, 4.69) is 0 Å². The van der Waals surface area contributed by atoms with Gasteiger partial charge in [0.2, 0.25) is 11.8 Å². The number of carbonyl (C=O) groups is 2. The summed E-state index contributed by atoms with van der Waals surface area (Å²) in [7, 11) is 0. The molecule has 0 saturated carbocycles. The molecule has 2 aliphatic heterocycles. The second-order valence-electron chi connectivity index (χ2n) is 5.14. The van der Waals surface area contributed by atoms with Gasteiger partial charge in [-0.2, -0.15) is 0 Å². The van der Waals surface area contributed by atoms with Crippen molar-refractivity contribution in [2.45, 2.75) is 44.7 Å². The molecule has 2 saturated heterocycles. The van der Waals surface area contributed by atoms with Crippen molar-refractivity contribution in [2.75, 3.05) is 19.6 Å². The molecule has 2 N–H and O–H groups in total. The predicted molar refractivity (Wildman–Crippen MR) is 64.2 cm³/mol. The van der Waals surface area contributed by atoms with Crippen LogP contribution < -0.4 is 5.73 Å². The van der Waals surface area contributed by atoms with Crippen LogP contribution in [0, 0.1) is 0 Å². The zero-order valence-corrected chi connectivity index (χ0v) is 10.4. The fourth-order valence-electron chi connectivity index (χ4n) is 2.70. The fraction of sp³-hybridized carbons (Fsp3) is 0.833. The maximum absolute atomic E-state index is 12.1. The Balaban J connectivity index is 1.89. The number of nitrogens with zero attached hydrogens (tertiary/aromatic N) is 2. The molecule has 0 aromatic heterocycles. The third kappa shape index (κ3) is 2.77. The highest BCUT2D eigenvalue weighted by Crippen LogP contribution is 2.17. The van der Waals surface area contributed by atoms with Gasteiger partial charge in [0, 0.05) is 31.6 Å². The van der Waals surface area contributed by atoms with E-state index in [1.165, 1.54) is 0 Å². The number of carbonyl (C=O) groups excluding carboxylic acids is 2. The van der Waals surface area contributed by atoms with Gasteiger partial charge >= 0.3 is 0 Å². The van der Waals surface area contributed by atoms with Crippen LogP contribution in [-0.4, -0.2) is 53.3 Å². The summed E-state index contributed by atoms with van der Waals surface area (Å²) in [6.45, 7) is 3.73. The number of hydrogen-bond acceptors (Lipinski definition) is 3. The lowest BCUT2D eigenvalue weighted by molar-refractivity contribution is -0.140. The van der Waals surface area contributed by atoms with Crippen molar-refractivity contribution in [3.63, 3.8) is 0 Å². The summed E-state index contributed by atoms with van der Waals surface area (Å²) in [6.07, 6.45) is 3.20. The maximum Gasteiger partial charge on any atom is 0.242 e. The predicted octanol–water partition coefficient (Wildman–Crippen LogP) is -0.0530. The molecule has 96 valence electrons. The molecule has 5 nitrogen and oxygen atoms in total. The van der Waals surface area contributed by atoms with E-state index in [0.717, 1.165) is 32.4 Å². The topological polar surface area (TPSA) is 66.6 Å². The summed E-state index contributed by atoms with van der Waals surface area (Å²) in [6, 6.07) is 0.409. The third-order valence-electron chi connectivity index (χ3n) is 3.73. The smallest absolute Gasteiger partial charge is 0.242 e. The minimum atomic E-state index is 0.0691. The molecule has 2 fully saturated rings. The average Bonchev–Trinajstić information content (AvgIpc) is 2.64. The lowest BCUT2D eigenvalue weighted by atomic mass is 9.99. The van der Waals surface area contributed by atoms with Crippen LogP contribution in [0.5, 0.6) is 0 Å². The van der Waals surface area contributed by atoms with Gasteiger partial charge in [0.1, 0.15) is 0 Å². The molecule has 2 aliphatic rings. The standard InChI is InChI=1S/C12H21N3O2/c1-9-7-10(13)4-6-15(9)12(17)8-14-5-2-3-11(14)16/h9-10H,2-8,13H2,1H3. The van der Waals surface area contributed by atoms with Gasteiger partial charge in [0.15, 0.2) is 0 Å². The number of likely N-dealkylation sites (tertiary alicyclic amines) is 2. The first kappa shape index (κ1) is 12.4. The van der Waals surface area contributed by atoms with Gasteiger partial charge in [0.05, 0.1) is 6.54 Å². The highest BCUT2D eigenvalue weighted by Gasteiger charge is 2.30. The van der Waals surface area contributed by atoms with E-state index in [9.17, 15) is 9.59 Å². The van der Waals surface area contributed by atoms with Crippen LogP contribution in [0.2, 0.25) is 0 Å². The number of piperidine rings is 1. The van der Waals surface area contributed by atoms with Gasteiger partial charge in [-0.05, 0) is 26.2 Å². The largest absolute Gasteiger partial charge is 0.338 e. The van der Waals surface area contributed by atoms with Gasteiger partial charge in [0.25, 0.3) is 0 Å². The summed E-state index contributed by atoms with van der Waals surface area (Å²) < 4.78 is 0. The van der Waals surface area contributed by atoms with Gasteiger partial charge in [-0.1, -0.05) is 0 Å². The van der Waals surface area contributed by atoms with Crippen molar-refractivity contribution in [3.05, 3.63) is 0 Å². The minimum Gasteiger partial charge on any atom is -0.338 e. The van der Waals surface area contributed by atoms with E-state index in [4.69, 9.17) is 5.73 Å². The zero-order chi connectivity index (χ0) is 12.4. The van der Waals surface area contributed by atoms with Crippen LogP contribution in [0.1, 0.15) is 32.6 Å². The molecule has 0 bridgehead atoms. The Morgan fingerprint density at radius 1 is 1.47 bits per heavy atom. The molecule has 2 heterocycles. The summed E-state index contributed by atoms with van der Waals surface area (Å²) in [5.41, 5.74) is 5.87. The average molecular weight is 239 g/mol. The van der Waals surface area contributed by atoms with Crippen LogP contribution in [0.25, 0.3) is 0 Å². The molecule has 0 aromatic rings. The van der Waals surface area contributed by atoms with Crippen molar-refractivity contribution >= 4 is 11.8 Å². The first-order chi connectivity index (χ1) is 8.08. The lowest BCUT2D eigenvalue weighted by Gasteiger charge is -2.37. The number of amides is 2. The highest BCUT2D eigenvalue weighted by molar-refractivity contribution is 5.86. The summed E-state index contributed by atoms with van der Waals surface area (Å²) in [5.74, 6) is 0.180. The molecular weight excluding hydrogens is 218 g/mol. The Morgan fingerprint density at radius 2 is 2.24 bits per heavy atom. The van der Waals surface area contributed by atoms with Gasteiger partial charge in [-0.25, -0.2) is 0 Å². The quantitative estimate of drug-likeness (QED) is 0.734. The van der Waals surface area contributed by atoms with Crippen LogP contribution in [0.15, 0.2) is 0 Å². The Bertz CT molecular complexity index is 319. The first-order valence-electron chi connectivity index (χ1n) is 6.40. The number of rotatable bonds is 2. The van der Waals surface area contributed by atoms with Crippen LogP contribution in [0.4, 0.5) is 0 Å². The van der Waals surface area contributed by atoms with E-state index in [-0.39, 0.29) is 30.4 Å². The normalized spacial score (nSPS) is 29.9. The molecule has 5 heteroatoms. The SMILES string of the molecule is CC1CC(N)CCN1C(=O)CN1CCCC1=O. The Labute approximate surface area is 102 Å². The minimum absolute atomic E-state index is 0.0691. The first-order valence-corrected chi connectivity index (χ1v) is 6.40. The van der Waals surface area contributed by atoms with E-state index in [0.29, 0.717) is 6.42 Å². The van der Waals surface area contributed by atoms with E-state index < -0.39 is 0 Å². The van der Waals surface area contributed by atoms with E-state index >= 15 is 0 Å². The molecule has 2 unspecified atom stereocenters. The second kappa shape index (κ2) is 5.04. The summed E-state index contributed by atoms with van der Waals surface area (Å²) in [4.78, 5) is 27.1. The Kier molecular flexibility index (Phi) is 3.66. The molecule has 2 amide bonds. The van der Waals surface area contributed by atoms with Crippen LogP contribution >= 0.6 is 0 Å². The van der Waals surface area contributed by atoms with Gasteiger partial charge < -0.3 is 15.5 Å².